The molecule has 0 fully saturated rings. The number of nitrogens with two attached hydrogens (primary N) is 2. The van der Waals surface area contributed by atoms with Crippen molar-refractivity contribution in [3.63, 3.8) is 0 Å². The average molecular weight is 493 g/mol. The third kappa shape index (κ3) is 8.46. The van der Waals surface area contributed by atoms with Crippen molar-refractivity contribution >= 4 is 18.1 Å². The van der Waals surface area contributed by atoms with E-state index in [2.05, 4.69) is 15.1 Å². The Morgan fingerprint density at radius 3 is 2.40 bits per heavy atom. The van der Waals surface area contributed by atoms with Crippen LogP contribution in [0.1, 0.15) is 27.2 Å². The summed E-state index contributed by atoms with van der Waals surface area (Å²) >= 11 is 0. The molecule has 0 aliphatic carbocycles. The number of carboxylic acid groups (broad SMARTS) is 1. The number of amides is 3. The maximum Gasteiger partial charge on any atom is 0.434 e. The topological polar surface area (TPSA) is 185 Å². The fraction of sp³-hybridized carbons (Fsp3) is 0.455. The van der Waals surface area contributed by atoms with E-state index in [-0.39, 0.29) is 12.2 Å². The van der Waals surface area contributed by atoms with Gasteiger partial charge in [-0.05, 0) is 57.0 Å². The van der Waals surface area contributed by atoms with Crippen LogP contribution in [-0.4, -0.2) is 57.2 Å². The van der Waals surface area contributed by atoms with Crippen LogP contribution in [0.2, 0.25) is 0 Å². The Kier molecular flexibility index (Phi) is 9.42. The molecule has 0 radical (unpaired) electrons. The van der Waals surface area contributed by atoms with E-state index >= 15 is 0 Å². The van der Waals surface area contributed by atoms with E-state index < -0.39 is 29.8 Å². The number of aromatic nitrogens is 2. The van der Waals surface area contributed by atoms with E-state index in [9.17, 15) is 19.5 Å². The third-order valence-corrected chi connectivity index (χ3v) is 4.67. The molecule has 0 saturated carbocycles. The summed E-state index contributed by atoms with van der Waals surface area (Å²) in [7, 11) is 1.70. The number of ether oxygens (including phenoxy) is 2. The highest BCUT2D eigenvalue weighted by Gasteiger charge is 2.17. The van der Waals surface area contributed by atoms with Crippen LogP contribution in [0.25, 0.3) is 11.3 Å². The SMILES string of the molecule is Cn1c(-c2ccc(OC[C@H](ON)C(N)=O)cc2)cn(CCCNC(=O)OC(C)(C)C)c1=NC(=O)O. The Hall–Kier alpha value is -3.84. The molecule has 2 rings (SSSR count). The quantitative estimate of drug-likeness (QED) is 0.280. The number of primary amides is 1. The molecule has 35 heavy (non-hydrogen) atoms. The number of aryl methyl sites for hydroxylation is 1. The van der Waals surface area contributed by atoms with E-state index in [1.165, 1.54) is 0 Å². The molecular formula is C22H32N6O7. The highest BCUT2D eigenvalue weighted by Crippen LogP contribution is 2.22. The summed E-state index contributed by atoms with van der Waals surface area (Å²) in [6.45, 7) is 5.93. The Bertz CT molecular complexity index is 1100. The van der Waals surface area contributed by atoms with Crippen LogP contribution in [0, 0.1) is 0 Å². The van der Waals surface area contributed by atoms with Crippen molar-refractivity contribution < 1.29 is 33.8 Å². The van der Waals surface area contributed by atoms with Gasteiger partial charge in [-0.1, -0.05) is 0 Å². The van der Waals surface area contributed by atoms with Crippen LogP contribution in [0.3, 0.4) is 0 Å². The zero-order valence-electron chi connectivity index (χ0n) is 20.2. The van der Waals surface area contributed by atoms with Gasteiger partial charge in [0.2, 0.25) is 5.62 Å². The largest absolute Gasteiger partial charge is 0.490 e. The highest BCUT2D eigenvalue weighted by atomic mass is 16.6. The summed E-state index contributed by atoms with van der Waals surface area (Å²) in [6.07, 6.45) is -0.628. The van der Waals surface area contributed by atoms with Crippen LogP contribution >= 0.6 is 0 Å². The lowest BCUT2D eigenvalue weighted by Gasteiger charge is -2.19. The second-order valence-electron chi connectivity index (χ2n) is 8.61. The van der Waals surface area contributed by atoms with Gasteiger partial charge >= 0.3 is 12.2 Å². The van der Waals surface area contributed by atoms with Crippen molar-refractivity contribution in [3.8, 4) is 17.0 Å². The van der Waals surface area contributed by atoms with Crippen molar-refractivity contribution in [2.75, 3.05) is 13.2 Å². The molecule has 0 bridgehead atoms. The minimum Gasteiger partial charge on any atom is -0.490 e. The molecule has 1 aromatic heterocycles. The molecule has 1 atom stereocenters. The summed E-state index contributed by atoms with van der Waals surface area (Å²) in [5.74, 6) is 4.74. The van der Waals surface area contributed by atoms with Crippen LogP contribution in [0.4, 0.5) is 9.59 Å². The lowest BCUT2D eigenvalue weighted by atomic mass is 10.1. The van der Waals surface area contributed by atoms with Gasteiger partial charge in [-0.3, -0.25) is 9.63 Å². The van der Waals surface area contributed by atoms with Gasteiger partial charge in [-0.25, -0.2) is 15.5 Å². The van der Waals surface area contributed by atoms with Crippen molar-refractivity contribution in [2.24, 2.45) is 23.7 Å². The molecule has 13 heteroatoms. The van der Waals surface area contributed by atoms with E-state index in [4.69, 9.17) is 21.1 Å². The Labute approximate surface area is 202 Å². The average Bonchev–Trinajstić information content (AvgIpc) is 3.05. The smallest absolute Gasteiger partial charge is 0.434 e. The summed E-state index contributed by atoms with van der Waals surface area (Å²) in [5, 5.41) is 11.9. The lowest BCUT2D eigenvalue weighted by Crippen LogP contribution is -2.38. The predicted octanol–water partition coefficient (Wildman–Crippen LogP) is 1.11. The number of imidazole rings is 1. The number of alkyl carbamates (subject to hydrolysis) is 1. The van der Waals surface area contributed by atoms with Gasteiger partial charge in [0.25, 0.3) is 5.91 Å². The van der Waals surface area contributed by atoms with E-state index in [1.54, 1.807) is 67.4 Å². The number of rotatable bonds is 10. The Balaban J connectivity index is 2.14. The summed E-state index contributed by atoms with van der Waals surface area (Å²) in [6, 6.07) is 6.90. The standard InChI is InChI=1S/C22H32N6O7/c1-22(2,3)34-21(32)25-10-5-11-28-12-16(27(4)19(28)26-20(30)31)14-6-8-15(9-7-14)33-13-17(35-24)18(23)29/h6-9,12,17H,5,10-11,13,24H2,1-4H3,(H2,23,29)(H,25,32)(H,30,31)/t17-/m0/s1. The molecule has 192 valence electrons. The first-order valence-corrected chi connectivity index (χ1v) is 10.8. The van der Waals surface area contributed by atoms with Crippen LogP contribution < -0.4 is 27.3 Å². The number of hydrogen-bond acceptors (Lipinski definition) is 7. The summed E-state index contributed by atoms with van der Waals surface area (Å²) < 4.78 is 14.0. The van der Waals surface area contributed by atoms with Gasteiger partial charge in [-0.2, -0.15) is 0 Å². The fourth-order valence-electron chi connectivity index (χ4n) is 3.09. The van der Waals surface area contributed by atoms with Gasteiger partial charge in [0, 0.05) is 26.3 Å². The first-order chi connectivity index (χ1) is 16.4. The fourth-order valence-corrected chi connectivity index (χ4v) is 3.09. The summed E-state index contributed by atoms with van der Waals surface area (Å²) in [4.78, 5) is 42.4. The van der Waals surface area contributed by atoms with Gasteiger partial charge in [-0.15, -0.1) is 4.99 Å². The normalized spacial score (nSPS) is 12.8. The predicted molar refractivity (Wildman–Crippen MR) is 125 cm³/mol. The first-order valence-electron chi connectivity index (χ1n) is 10.8. The van der Waals surface area contributed by atoms with Gasteiger partial charge < -0.3 is 34.8 Å². The van der Waals surface area contributed by atoms with Crippen LogP contribution in [0.5, 0.6) is 5.75 Å². The minimum atomic E-state index is -1.33. The maximum atomic E-state index is 11.8. The Morgan fingerprint density at radius 1 is 1.20 bits per heavy atom. The molecule has 0 unspecified atom stereocenters. The van der Waals surface area contributed by atoms with E-state index in [0.717, 1.165) is 5.56 Å². The molecule has 13 nitrogen and oxygen atoms in total. The molecule has 3 amide bonds. The molecule has 0 spiro atoms. The second kappa shape index (κ2) is 12.0. The lowest BCUT2D eigenvalue weighted by molar-refractivity contribution is -0.131. The zero-order chi connectivity index (χ0) is 26.2. The van der Waals surface area contributed by atoms with E-state index in [0.29, 0.717) is 31.0 Å². The van der Waals surface area contributed by atoms with Gasteiger partial charge in [0.05, 0.1) is 5.69 Å². The van der Waals surface area contributed by atoms with Crippen LogP contribution in [0.15, 0.2) is 35.5 Å². The number of nitrogens with one attached hydrogen (secondary N) is 1. The molecule has 0 saturated heterocycles. The van der Waals surface area contributed by atoms with Crippen molar-refractivity contribution in [1.82, 2.24) is 14.5 Å². The van der Waals surface area contributed by atoms with Crippen molar-refractivity contribution in [1.29, 1.82) is 0 Å². The molecule has 1 aromatic carbocycles. The second-order valence-corrected chi connectivity index (χ2v) is 8.61. The van der Waals surface area contributed by atoms with Crippen molar-refractivity contribution in [3.05, 3.63) is 36.1 Å². The number of carbonyl (C=O) groups excluding carboxylic acids is 2. The third-order valence-electron chi connectivity index (χ3n) is 4.67. The van der Waals surface area contributed by atoms with Gasteiger partial charge in [0.1, 0.15) is 18.0 Å². The number of carbonyl (C=O) groups is 3. The number of benzene rings is 1. The summed E-state index contributed by atoms with van der Waals surface area (Å²) in [5.41, 5.74) is 6.27. The number of nitrogens with zero attached hydrogens (tertiary/aromatic N) is 3. The van der Waals surface area contributed by atoms with Crippen LogP contribution in [-0.2, 0) is 28.0 Å². The zero-order valence-corrected chi connectivity index (χ0v) is 20.2. The molecule has 0 aliphatic rings. The van der Waals surface area contributed by atoms with E-state index in [1.807, 2.05) is 0 Å². The first kappa shape index (κ1) is 27.4. The number of hydrogen-bond donors (Lipinski definition) is 4. The highest BCUT2D eigenvalue weighted by molar-refractivity contribution is 5.79. The Morgan fingerprint density at radius 2 is 1.86 bits per heavy atom. The minimum absolute atomic E-state index is 0.145. The van der Waals surface area contributed by atoms with Gasteiger partial charge in [0.15, 0.2) is 6.10 Å². The molecule has 2 aromatic rings. The van der Waals surface area contributed by atoms with Crippen molar-refractivity contribution in [2.45, 2.75) is 45.4 Å². The molecular weight excluding hydrogens is 460 g/mol. The maximum absolute atomic E-state index is 11.8. The monoisotopic (exact) mass is 492 g/mol. The molecule has 1 heterocycles. The molecule has 6 N–H and O–H groups in total. The molecule has 0 aliphatic heterocycles.